The van der Waals surface area contributed by atoms with E-state index in [2.05, 4.69) is 17.1 Å². The Morgan fingerprint density at radius 3 is 2.92 bits per heavy atom. The van der Waals surface area contributed by atoms with Crippen LogP contribution in [0.15, 0.2) is 11.6 Å². The number of ether oxygens (including phenoxy) is 1. The Bertz CT molecular complexity index is 199. The third kappa shape index (κ3) is 2.08. The van der Waals surface area contributed by atoms with Crippen molar-refractivity contribution in [1.29, 1.82) is 0 Å². The van der Waals surface area contributed by atoms with Crippen molar-refractivity contribution in [3.63, 3.8) is 0 Å². The number of hydrogen-bond acceptors (Lipinski definition) is 2. The predicted molar refractivity (Wildman–Crippen MR) is 45.6 cm³/mol. The summed E-state index contributed by atoms with van der Waals surface area (Å²) in [6, 6.07) is 0.651. The molecule has 1 unspecified atom stereocenters. The minimum absolute atomic E-state index is 0.162. The minimum atomic E-state index is -0.162. The van der Waals surface area contributed by atoms with Crippen LogP contribution in [-0.2, 0) is 9.53 Å². The van der Waals surface area contributed by atoms with Crippen molar-refractivity contribution in [2.75, 3.05) is 14.2 Å². The van der Waals surface area contributed by atoms with Gasteiger partial charge in [0.15, 0.2) is 0 Å². The molecule has 1 rings (SSSR count). The highest BCUT2D eigenvalue weighted by Crippen LogP contribution is 2.16. The van der Waals surface area contributed by atoms with E-state index in [1.165, 1.54) is 7.11 Å². The Labute approximate surface area is 72.8 Å². The molecule has 0 amide bonds. The highest BCUT2D eigenvalue weighted by atomic mass is 16.5. The lowest BCUT2D eigenvalue weighted by Crippen LogP contribution is -2.86. The van der Waals surface area contributed by atoms with Crippen LogP contribution in [0.3, 0.4) is 0 Å². The van der Waals surface area contributed by atoms with Gasteiger partial charge in [0.2, 0.25) is 0 Å². The predicted octanol–water partition coefficient (Wildman–Crippen LogP) is -0.168. The van der Waals surface area contributed by atoms with Crippen LogP contribution in [0.2, 0.25) is 0 Å². The maximum atomic E-state index is 11.1. The van der Waals surface area contributed by atoms with E-state index in [9.17, 15) is 4.79 Å². The standard InChI is InChI=1S/C9H15NO2/c1-10-8-5-3-7(4-6-8)9(11)12-2/h3,8,10H,4-6H2,1-2H3/p+1. The van der Waals surface area contributed by atoms with Gasteiger partial charge in [-0.1, -0.05) is 6.08 Å². The van der Waals surface area contributed by atoms with E-state index in [1.54, 1.807) is 0 Å². The molecule has 0 saturated carbocycles. The number of esters is 1. The van der Waals surface area contributed by atoms with Gasteiger partial charge >= 0.3 is 5.97 Å². The molecule has 1 aliphatic carbocycles. The van der Waals surface area contributed by atoms with Crippen LogP contribution in [0, 0.1) is 0 Å². The van der Waals surface area contributed by atoms with Gasteiger partial charge in [0.25, 0.3) is 0 Å². The quantitative estimate of drug-likeness (QED) is 0.585. The van der Waals surface area contributed by atoms with Gasteiger partial charge in [-0.05, 0) is 6.42 Å². The Morgan fingerprint density at radius 2 is 2.50 bits per heavy atom. The molecule has 0 saturated heterocycles. The Hall–Kier alpha value is -0.830. The molecule has 0 aliphatic heterocycles. The zero-order chi connectivity index (χ0) is 8.97. The van der Waals surface area contributed by atoms with E-state index < -0.39 is 0 Å². The third-order valence-electron chi connectivity index (χ3n) is 2.37. The molecule has 12 heavy (non-hydrogen) atoms. The summed E-state index contributed by atoms with van der Waals surface area (Å²) in [7, 11) is 3.50. The summed E-state index contributed by atoms with van der Waals surface area (Å²) in [6.07, 6.45) is 4.93. The highest BCUT2D eigenvalue weighted by Gasteiger charge is 2.19. The van der Waals surface area contributed by atoms with Gasteiger partial charge in [-0.2, -0.15) is 0 Å². The van der Waals surface area contributed by atoms with Crippen molar-refractivity contribution in [2.24, 2.45) is 0 Å². The molecule has 0 bridgehead atoms. The lowest BCUT2D eigenvalue weighted by Gasteiger charge is -2.17. The Kier molecular flexibility index (Phi) is 3.29. The van der Waals surface area contributed by atoms with E-state index in [-0.39, 0.29) is 5.97 Å². The topological polar surface area (TPSA) is 42.9 Å². The van der Waals surface area contributed by atoms with Gasteiger partial charge in [-0.25, -0.2) is 4.79 Å². The highest BCUT2D eigenvalue weighted by molar-refractivity contribution is 5.88. The number of carbonyl (C=O) groups excluding carboxylic acids is 1. The number of rotatable bonds is 2. The molecular weight excluding hydrogens is 154 g/mol. The molecule has 1 atom stereocenters. The maximum absolute atomic E-state index is 11.1. The molecule has 3 heteroatoms. The van der Waals surface area contributed by atoms with Crippen LogP contribution >= 0.6 is 0 Å². The fourth-order valence-corrected chi connectivity index (χ4v) is 1.47. The first-order chi connectivity index (χ1) is 5.77. The van der Waals surface area contributed by atoms with Crippen molar-refractivity contribution < 1.29 is 14.8 Å². The normalized spacial score (nSPS) is 23.2. The second-order valence-corrected chi connectivity index (χ2v) is 3.09. The molecule has 0 aromatic heterocycles. The average molecular weight is 170 g/mol. The van der Waals surface area contributed by atoms with Crippen LogP contribution in [0.4, 0.5) is 0 Å². The molecular formula is C9H16NO2+. The van der Waals surface area contributed by atoms with Crippen LogP contribution < -0.4 is 5.32 Å². The Morgan fingerprint density at radius 1 is 1.75 bits per heavy atom. The summed E-state index contributed by atoms with van der Waals surface area (Å²) in [5.74, 6) is -0.162. The van der Waals surface area contributed by atoms with Gasteiger partial charge in [-0.3, -0.25) is 0 Å². The van der Waals surface area contributed by atoms with E-state index >= 15 is 0 Å². The first kappa shape index (κ1) is 9.26. The van der Waals surface area contributed by atoms with Gasteiger partial charge in [-0.15, -0.1) is 0 Å². The van der Waals surface area contributed by atoms with Crippen LogP contribution in [0.25, 0.3) is 0 Å². The van der Waals surface area contributed by atoms with Crippen LogP contribution in [0.5, 0.6) is 0 Å². The number of carbonyl (C=O) groups is 1. The molecule has 1 aliphatic rings. The lowest BCUT2D eigenvalue weighted by atomic mass is 9.95. The molecule has 68 valence electrons. The fourth-order valence-electron chi connectivity index (χ4n) is 1.47. The first-order valence-corrected chi connectivity index (χ1v) is 4.34. The van der Waals surface area contributed by atoms with E-state index in [0.29, 0.717) is 6.04 Å². The summed E-state index contributed by atoms with van der Waals surface area (Å²) in [6.45, 7) is 0. The summed E-state index contributed by atoms with van der Waals surface area (Å²) in [5, 5.41) is 2.20. The molecule has 0 spiro atoms. The fraction of sp³-hybridized carbons (Fsp3) is 0.667. The monoisotopic (exact) mass is 170 g/mol. The molecule has 0 aromatic rings. The van der Waals surface area contributed by atoms with Crippen molar-refractivity contribution in [3.05, 3.63) is 11.6 Å². The van der Waals surface area contributed by atoms with E-state index in [1.807, 2.05) is 6.08 Å². The smallest absolute Gasteiger partial charge is 0.333 e. The Balaban J connectivity index is 2.49. The summed E-state index contributed by atoms with van der Waals surface area (Å²) in [4.78, 5) is 11.1. The molecule has 2 N–H and O–H groups in total. The summed E-state index contributed by atoms with van der Waals surface area (Å²) < 4.78 is 4.64. The van der Waals surface area contributed by atoms with Gasteiger partial charge in [0.05, 0.1) is 20.2 Å². The number of nitrogens with two attached hydrogens (primary N) is 1. The molecule has 0 aromatic carbocycles. The average Bonchev–Trinajstić information content (AvgIpc) is 2.17. The van der Waals surface area contributed by atoms with Crippen LogP contribution in [-0.4, -0.2) is 26.2 Å². The van der Waals surface area contributed by atoms with Crippen molar-refractivity contribution in [2.45, 2.75) is 25.3 Å². The first-order valence-electron chi connectivity index (χ1n) is 4.34. The third-order valence-corrected chi connectivity index (χ3v) is 2.37. The lowest BCUT2D eigenvalue weighted by molar-refractivity contribution is -0.663. The largest absolute Gasteiger partial charge is 0.466 e. The zero-order valence-electron chi connectivity index (χ0n) is 7.67. The van der Waals surface area contributed by atoms with E-state index in [4.69, 9.17) is 0 Å². The van der Waals surface area contributed by atoms with Crippen molar-refractivity contribution >= 4 is 5.97 Å². The number of methoxy groups -OCH3 is 1. The molecule has 0 radical (unpaired) electrons. The van der Waals surface area contributed by atoms with E-state index in [0.717, 1.165) is 24.8 Å². The summed E-state index contributed by atoms with van der Waals surface area (Å²) in [5.41, 5.74) is 0.843. The molecule has 0 heterocycles. The van der Waals surface area contributed by atoms with Crippen LogP contribution in [0.1, 0.15) is 19.3 Å². The maximum Gasteiger partial charge on any atom is 0.333 e. The minimum Gasteiger partial charge on any atom is -0.466 e. The number of quaternary nitrogens is 1. The summed E-state index contributed by atoms with van der Waals surface area (Å²) >= 11 is 0. The van der Waals surface area contributed by atoms with Crippen molar-refractivity contribution in [1.82, 2.24) is 0 Å². The second kappa shape index (κ2) is 4.26. The van der Waals surface area contributed by atoms with Gasteiger partial charge in [0.1, 0.15) is 0 Å². The van der Waals surface area contributed by atoms with Crippen molar-refractivity contribution in [3.8, 4) is 0 Å². The zero-order valence-corrected chi connectivity index (χ0v) is 7.67. The number of hydrogen-bond donors (Lipinski definition) is 1. The molecule has 3 nitrogen and oxygen atoms in total. The van der Waals surface area contributed by atoms with Gasteiger partial charge < -0.3 is 10.1 Å². The van der Waals surface area contributed by atoms with Gasteiger partial charge in [0, 0.05) is 18.4 Å². The second-order valence-electron chi connectivity index (χ2n) is 3.09. The SMILES string of the molecule is C[NH2+]C1CC=C(C(=O)OC)CC1. The molecule has 0 fully saturated rings.